The monoisotopic (exact) mass is 263 g/mol. The van der Waals surface area contributed by atoms with Gasteiger partial charge in [-0.15, -0.1) is 11.3 Å². The van der Waals surface area contributed by atoms with Crippen molar-refractivity contribution in [3.63, 3.8) is 0 Å². The van der Waals surface area contributed by atoms with Crippen LogP contribution in [0.3, 0.4) is 0 Å². The summed E-state index contributed by atoms with van der Waals surface area (Å²) in [7, 11) is 2.02. The molecular weight excluding hydrogens is 245 g/mol. The molecule has 0 radical (unpaired) electrons. The minimum atomic E-state index is -0.143. The topological polar surface area (TPSA) is 12.0 Å². The van der Waals surface area contributed by atoms with Gasteiger partial charge in [-0.3, -0.25) is 0 Å². The summed E-state index contributed by atoms with van der Waals surface area (Å²) in [5, 5.41) is 4.57. The van der Waals surface area contributed by atoms with Crippen LogP contribution in [0.5, 0.6) is 0 Å². The van der Waals surface area contributed by atoms with Crippen molar-refractivity contribution in [1.29, 1.82) is 0 Å². The van der Waals surface area contributed by atoms with Gasteiger partial charge in [0.15, 0.2) is 0 Å². The van der Waals surface area contributed by atoms with Gasteiger partial charge in [0.25, 0.3) is 0 Å². The Labute approximate surface area is 111 Å². The van der Waals surface area contributed by atoms with Crippen LogP contribution in [0.4, 0.5) is 4.39 Å². The number of halogens is 1. The fraction of sp³-hybridized carbons (Fsp3) is 0.467. The number of hydrogen-bond donors (Lipinski definition) is 1. The summed E-state index contributed by atoms with van der Waals surface area (Å²) in [6.07, 6.45) is 5.35. The van der Waals surface area contributed by atoms with Crippen molar-refractivity contribution in [2.24, 2.45) is 5.92 Å². The second kappa shape index (κ2) is 4.98. The largest absolute Gasteiger partial charge is 0.312 e. The molecular formula is C15H18FNS. The molecule has 18 heavy (non-hydrogen) atoms. The van der Waals surface area contributed by atoms with E-state index < -0.39 is 0 Å². The predicted molar refractivity (Wildman–Crippen MR) is 75.5 cm³/mol. The maximum absolute atomic E-state index is 13.2. The molecule has 1 N–H and O–H groups in total. The van der Waals surface area contributed by atoms with Crippen LogP contribution >= 0.6 is 11.3 Å². The maximum atomic E-state index is 13.2. The third kappa shape index (κ3) is 2.29. The smallest absolute Gasteiger partial charge is 0.124 e. The van der Waals surface area contributed by atoms with Crippen LogP contribution in [0.2, 0.25) is 0 Å². The van der Waals surface area contributed by atoms with Crippen LogP contribution in [-0.4, -0.2) is 7.05 Å². The molecule has 0 spiro atoms. The molecule has 1 fully saturated rings. The van der Waals surface area contributed by atoms with Crippen molar-refractivity contribution in [3.05, 3.63) is 35.0 Å². The summed E-state index contributed by atoms with van der Waals surface area (Å²) in [5.41, 5.74) is 0. The highest BCUT2D eigenvalue weighted by Crippen LogP contribution is 2.38. The first kappa shape index (κ1) is 12.1. The van der Waals surface area contributed by atoms with Crippen molar-refractivity contribution < 1.29 is 4.39 Å². The van der Waals surface area contributed by atoms with Gasteiger partial charge in [0.1, 0.15) is 5.82 Å². The summed E-state index contributed by atoms with van der Waals surface area (Å²) >= 11 is 1.72. The Morgan fingerprint density at radius 3 is 2.89 bits per heavy atom. The second-order valence-corrected chi connectivity index (χ2v) is 6.32. The highest BCUT2D eigenvalue weighted by molar-refractivity contribution is 7.19. The molecule has 0 amide bonds. The van der Waals surface area contributed by atoms with Crippen molar-refractivity contribution >= 4 is 21.4 Å². The average Bonchev–Trinajstić information content (AvgIpc) is 2.70. The van der Waals surface area contributed by atoms with E-state index in [9.17, 15) is 4.39 Å². The van der Waals surface area contributed by atoms with Gasteiger partial charge in [0, 0.05) is 15.6 Å². The van der Waals surface area contributed by atoms with Gasteiger partial charge in [-0.05, 0) is 43.0 Å². The van der Waals surface area contributed by atoms with E-state index in [0.717, 1.165) is 16.0 Å². The normalized spacial score (nSPS) is 17.9. The van der Waals surface area contributed by atoms with Crippen molar-refractivity contribution in [2.45, 2.75) is 31.7 Å². The zero-order chi connectivity index (χ0) is 12.5. The molecule has 1 saturated carbocycles. The van der Waals surface area contributed by atoms with Gasteiger partial charge in [-0.1, -0.05) is 25.3 Å². The lowest BCUT2D eigenvalue weighted by Gasteiger charge is -2.29. The molecule has 2 aromatic rings. The Balaban J connectivity index is 1.86. The molecule has 0 bridgehead atoms. The molecule has 1 aromatic carbocycles. The number of hydrogen-bond acceptors (Lipinski definition) is 2. The summed E-state index contributed by atoms with van der Waals surface area (Å²) in [4.78, 5) is 1.34. The Morgan fingerprint density at radius 2 is 2.22 bits per heavy atom. The van der Waals surface area contributed by atoms with Crippen LogP contribution in [-0.2, 0) is 0 Å². The first-order chi connectivity index (χ1) is 8.76. The molecule has 96 valence electrons. The Morgan fingerprint density at radius 1 is 1.39 bits per heavy atom. The minimum Gasteiger partial charge on any atom is -0.312 e. The van der Waals surface area contributed by atoms with Crippen LogP contribution < -0.4 is 5.32 Å². The predicted octanol–water partition coefficient (Wildman–Crippen LogP) is 4.49. The summed E-state index contributed by atoms with van der Waals surface area (Å²) < 4.78 is 14.2. The van der Waals surface area contributed by atoms with Crippen LogP contribution in [0.1, 0.15) is 36.6 Å². The first-order valence-corrected chi connectivity index (χ1v) is 7.44. The van der Waals surface area contributed by atoms with Gasteiger partial charge in [0.2, 0.25) is 0 Å². The fourth-order valence-corrected chi connectivity index (χ4v) is 3.85. The molecule has 1 aliphatic rings. The quantitative estimate of drug-likeness (QED) is 0.857. The van der Waals surface area contributed by atoms with Crippen LogP contribution in [0, 0.1) is 11.7 Å². The van der Waals surface area contributed by atoms with E-state index >= 15 is 0 Å². The number of fused-ring (bicyclic) bond motifs is 1. The number of rotatable bonds is 4. The van der Waals surface area contributed by atoms with Gasteiger partial charge < -0.3 is 5.32 Å². The van der Waals surface area contributed by atoms with Gasteiger partial charge >= 0.3 is 0 Å². The van der Waals surface area contributed by atoms with Crippen molar-refractivity contribution in [1.82, 2.24) is 5.32 Å². The SMILES string of the molecule is CNC(CC1CCC1)c1cc2ccc(F)cc2s1. The molecule has 3 rings (SSSR count). The number of nitrogens with one attached hydrogen (secondary N) is 1. The molecule has 3 heteroatoms. The number of thiophene rings is 1. The van der Waals surface area contributed by atoms with Crippen LogP contribution in [0.25, 0.3) is 10.1 Å². The van der Waals surface area contributed by atoms with Gasteiger partial charge in [-0.25, -0.2) is 4.39 Å². The van der Waals surface area contributed by atoms with E-state index in [0.29, 0.717) is 6.04 Å². The zero-order valence-corrected chi connectivity index (χ0v) is 11.4. The van der Waals surface area contributed by atoms with Crippen LogP contribution in [0.15, 0.2) is 24.3 Å². The average molecular weight is 263 g/mol. The summed E-state index contributed by atoms with van der Waals surface area (Å²) in [6, 6.07) is 7.69. The van der Waals surface area contributed by atoms with Crippen molar-refractivity contribution in [3.8, 4) is 0 Å². The molecule has 1 atom stereocenters. The van der Waals surface area contributed by atoms with Gasteiger partial charge in [-0.2, -0.15) is 0 Å². The van der Waals surface area contributed by atoms with E-state index in [1.807, 2.05) is 13.1 Å². The molecule has 1 aromatic heterocycles. The summed E-state index contributed by atoms with van der Waals surface area (Å²) in [6.45, 7) is 0. The third-order valence-electron chi connectivity index (χ3n) is 3.99. The Bertz CT molecular complexity index is 544. The van der Waals surface area contributed by atoms with Gasteiger partial charge in [0.05, 0.1) is 0 Å². The third-order valence-corrected chi connectivity index (χ3v) is 5.20. The minimum absolute atomic E-state index is 0.143. The highest BCUT2D eigenvalue weighted by Gasteiger charge is 2.23. The summed E-state index contributed by atoms with van der Waals surface area (Å²) in [5.74, 6) is 0.736. The molecule has 0 saturated heterocycles. The molecule has 1 nitrogen and oxygen atoms in total. The van der Waals surface area contributed by atoms with E-state index in [1.165, 1.54) is 30.6 Å². The standard InChI is InChI=1S/C15H18FNS/c1-17-13(7-10-3-2-4-10)15-8-11-5-6-12(16)9-14(11)18-15/h5-6,8-10,13,17H,2-4,7H2,1H3. The first-order valence-electron chi connectivity index (χ1n) is 6.62. The van der Waals surface area contributed by atoms with E-state index in [-0.39, 0.29) is 5.82 Å². The highest BCUT2D eigenvalue weighted by atomic mass is 32.1. The molecule has 1 unspecified atom stereocenters. The second-order valence-electron chi connectivity index (χ2n) is 5.20. The van der Waals surface area contributed by atoms with E-state index in [2.05, 4.69) is 11.4 Å². The fourth-order valence-electron chi connectivity index (χ4n) is 2.64. The Kier molecular flexibility index (Phi) is 3.35. The lowest BCUT2D eigenvalue weighted by molar-refractivity contribution is 0.267. The lowest BCUT2D eigenvalue weighted by Crippen LogP contribution is -2.22. The molecule has 1 aliphatic carbocycles. The molecule has 0 aliphatic heterocycles. The van der Waals surface area contributed by atoms with Crippen molar-refractivity contribution in [2.75, 3.05) is 7.05 Å². The van der Waals surface area contributed by atoms with E-state index in [1.54, 1.807) is 23.5 Å². The lowest BCUT2D eigenvalue weighted by atomic mass is 9.80. The maximum Gasteiger partial charge on any atom is 0.124 e. The zero-order valence-electron chi connectivity index (χ0n) is 10.6. The molecule has 1 heterocycles. The Hall–Kier alpha value is -0.930. The number of benzene rings is 1. The van der Waals surface area contributed by atoms with E-state index in [4.69, 9.17) is 0 Å².